The van der Waals surface area contributed by atoms with E-state index in [0.717, 1.165) is 29.5 Å². The van der Waals surface area contributed by atoms with Crippen LogP contribution in [0.25, 0.3) is 10.6 Å². The van der Waals surface area contributed by atoms with Gasteiger partial charge in [-0.2, -0.15) is 0 Å². The van der Waals surface area contributed by atoms with Crippen LogP contribution in [-0.4, -0.2) is 28.4 Å². The third kappa shape index (κ3) is 5.14. The Labute approximate surface area is 182 Å². The first kappa shape index (κ1) is 22.6. The molecule has 0 bridgehead atoms. The normalized spacial score (nSPS) is 12.9. The van der Waals surface area contributed by atoms with Crippen LogP contribution in [-0.2, 0) is 21.4 Å². The van der Waals surface area contributed by atoms with E-state index in [9.17, 15) is 23.5 Å². The van der Waals surface area contributed by atoms with E-state index in [2.05, 4.69) is 4.98 Å². The Hall–Kier alpha value is -3.13. The highest BCUT2D eigenvalue weighted by atomic mass is 32.1. The molecule has 0 spiro atoms. The fourth-order valence-electron chi connectivity index (χ4n) is 3.25. The van der Waals surface area contributed by atoms with Gasteiger partial charge in [-0.15, -0.1) is 11.3 Å². The number of aliphatic carboxylic acids is 1. The van der Waals surface area contributed by atoms with Crippen molar-refractivity contribution in [1.82, 2.24) is 4.98 Å². The zero-order valence-corrected chi connectivity index (χ0v) is 17.8. The first-order chi connectivity index (χ1) is 14.7. The highest BCUT2D eigenvalue weighted by molar-refractivity contribution is 7.13. The molecule has 31 heavy (non-hydrogen) atoms. The van der Waals surface area contributed by atoms with E-state index in [0.29, 0.717) is 17.3 Å². The van der Waals surface area contributed by atoms with Gasteiger partial charge in [-0.3, -0.25) is 9.59 Å². The molecule has 1 atom stereocenters. The molecule has 1 N–H and O–H groups in total. The van der Waals surface area contributed by atoms with Crippen LogP contribution >= 0.6 is 11.3 Å². The van der Waals surface area contributed by atoms with Gasteiger partial charge in [-0.25, -0.2) is 13.8 Å². The number of hydrogen-bond acceptors (Lipinski definition) is 5. The second-order valence-corrected chi connectivity index (χ2v) is 8.11. The maximum atomic E-state index is 14.2. The molecule has 0 aliphatic carbocycles. The van der Waals surface area contributed by atoms with Crippen molar-refractivity contribution in [3.63, 3.8) is 0 Å². The van der Waals surface area contributed by atoms with Gasteiger partial charge < -0.3 is 9.84 Å². The molecule has 1 aromatic heterocycles. The molecular formula is C23H21F2NO4S. The van der Waals surface area contributed by atoms with Crippen LogP contribution in [0.1, 0.15) is 31.5 Å². The summed E-state index contributed by atoms with van der Waals surface area (Å²) in [6.45, 7) is 3.69. The molecule has 0 fully saturated rings. The Bertz CT molecular complexity index is 1100. The first-order valence-corrected chi connectivity index (χ1v) is 10.5. The van der Waals surface area contributed by atoms with Crippen LogP contribution < -0.4 is 4.74 Å². The topological polar surface area (TPSA) is 76.5 Å². The van der Waals surface area contributed by atoms with Gasteiger partial charge in [0.1, 0.15) is 28.2 Å². The van der Waals surface area contributed by atoms with E-state index < -0.39 is 35.2 Å². The number of thiazole rings is 1. The van der Waals surface area contributed by atoms with Crippen LogP contribution in [0.15, 0.2) is 47.8 Å². The van der Waals surface area contributed by atoms with Crippen molar-refractivity contribution < 1.29 is 28.2 Å². The number of ether oxygens (including phenoxy) is 1. The SMILES string of the molecule is CCOc1ccc(-c2nc(CC(=O)CC(C)(C(=O)O)c3cc(F)ccc3F)cs2)cc1. The van der Waals surface area contributed by atoms with E-state index in [4.69, 9.17) is 4.74 Å². The van der Waals surface area contributed by atoms with Crippen molar-refractivity contribution in [2.75, 3.05) is 6.61 Å². The van der Waals surface area contributed by atoms with Crippen molar-refractivity contribution in [2.45, 2.75) is 32.1 Å². The fourth-order valence-corrected chi connectivity index (χ4v) is 4.07. The molecular weight excluding hydrogens is 424 g/mol. The number of nitrogens with zero attached hydrogens (tertiary/aromatic N) is 1. The number of hydrogen-bond donors (Lipinski definition) is 1. The number of Topliss-reactive ketones (excluding diaryl/α,β-unsaturated/α-hetero) is 1. The highest BCUT2D eigenvalue weighted by Crippen LogP contribution is 2.32. The smallest absolute Gasteiger partial charge is 0.314 e. The monoisotopic (exact) mass is 445 g/mol. The molecule has 0 saturated carbocycles. The molecule has 0 radical (unpaired) electrons. The van der Waals surface area contributed by atoms with Crippen molar-refractivity contribution in [2.24, 2.45) is 0 Å². The Kier molecular flexibility index (Phi) is 6.80. The van der Waals surface area contributed by atoms with Crippen molar-refractivity contribution >= 4 is 23.1 Å². The Balaban J connectivity index is 1.75. The molecule has 162 valence electrons. The number of ketones is 1. The summed E-state index contributed by atoms with van der Waals surface area (Å²) in [7, 11) is 0. The molecule has 1 heterocycles. The minimum Gasteiger partial charge on any atom is -0.494 e. The van der Waals surface area contributed by atoms with Crippen LogP contribution in [0.2, 0.25) is 0 Å². The minimum absolute atomic E-state index is 0.104. The number of aromatic nitrogens is 1. The molecule has 2 aromatic carbocycles. The van der Waals surface area contributed by atoms with E-state index in [-0.39, 0.29) is 12.0 Å². The van der Waals surface area contributed by atoms with Crippen LogP contribution in [0, 0.1) is 11.6 Å². The molecule has 3 rings (SSSR count). The van der Waals surface area contributed by atoms with Crippen LogP contribution in [0.3, 0.4) is 0 Å². The number of carboxylic acid groups (broad SMARTS) is 1. The summed E-state index contributed by atoms with van der Waals surface area (Å²) in [6, 6.07) is 9.98. The highest BCUT2D eigenvalue weighted by Gasteiger charge is 2.40. The van der Waals surface area contributed by atoms with Crippen molar-refractivity contribution in [1.29, 1.82) is 0 Å². The van der Waals surface area contributed by atoms with Gasteiger partial charge in [0.2, 0.25) is 0 Å². The third-order valence-corrected chi connectivity index (χ3v) is 5.83. The van der Waals surface area contributed by atoms with Gasteiger partial charge in [-0.05, 0) is 56.3 Å². The average Bonchev–Trinajstić information content (AvgIpc) is 3.18. The van der Waals surface area contributed by atoms with Gasteiger partial charge in [0.05, 0.1) is 17.7 Å². The van der Waals surface area contributed by atoms with Gasteiger partial charge in [-0.1, -0.05) is 0 Å². The molecule has 3 aromatic rings. The Morgan fingerprint density at radius 1 is 1.16 bits per heavy atom. The summed E-state index contributed by atoms with van der Waals surface area (Å²) in [5, 5.41) is 12.1. The molecule has 8 heteroatoms. The summed E-state index contributed by atoms with van der Waals surface area (Å²) < 4.78 is 33.2. The zero-order valence-electron chi connectivity index (χ0n) is 17.0. The van der Waals surface area contributed by atoms with Gasteiger partial charge in [0.25, 0.3) is 0 Å². The number of rotatable bonds is 9. The number of carboxylic acids is 1. The number of benzene rings is 2. The summed E-state index contributed by atoms with van der Waals surface area (Å²) in [6.07, 6.45) is -0.591. The van der Waals surface area contributed by atoms with Crippen LogP contribution in [0.5, 0.6) is 5.75 Å². The van der Waals surface area contributed by atoms with E-state index >= 15 is 0 Å². The Morgan fingerprint density at radius 3 is 2.52 bits per heavy atom. The lowest BCUT2D eigenvalue weighted by atomic mass is 9.77. The first-order valence-electron chi connectivity index (χ1n) is 9.61. The standard InChI is InChI=1S/C23H21F2NO4S/c1-3-30-18-7-4-14(5-8-18)21-26-16(13-31-21)11-17(27)12-23(2,22(28)29)19-10-15(24)6-9-20(19)25/h4-10,13H,3,11-12H2,1-2H3,(H,28,29). The Morgan fingerprint density at radius 2 is 1.87 bits per heavy atom. The predicted molar refractivity (Wildman–Crippen MR) is 113 cm³/mol. The summed E-state index contributed by atoms with van der Waals surface area (Å²) in [5.41, 5.74) is -0.894. The molecule has 0 amide bonds. The lowest BCUT2D eigenvalue weighted by Gasteiger charge is -2.25. The predicted octanol–water partition coefficient (Wildman–Crippen LogP) is 5.03. The fraction of sp³-hybridized carbons (Fsp3) is 0.261. The third-order valence-electron chi connectivity index (χ3n) is 4.89. The van der Waals surface area contributed by atoms with E-state index in [1.54, 1.807) is 5.38 Å². The van der Waals surface area contributed by atoms with Gasteiger partial charge >= 0.3 is 5.97 Å². The summed E-state index contributed by atoms with van der Waals surface area (Å²) >= 11 is 1.36. The molecule has 1 unspecified atom stereocenters. The van der Waals surface area contributed by atoms with Gasteiger partial charge in [0, 0.05) is 29.3 Å². The van der Waals surface area contributed by atoms with E-state index in [1.165, 1.54) is 18.3 Å². The van der Waals surface area contributed by atoms with Gasteiger partial charge in [0.15, 0.2) is 0 Å². The minimum atomic E-state index is -1.89. The van der Waals surface area contributed by atoms with Crippen molar-refractivity contribution in [3.05, 3.63) is 70.7 Å². The summed E-state index contributed by atoms with van der Waals surface area (Å²) in [4.78, 5) is 29.0. The quantitative estimate of drug-likeness (QED) is 0.500. The van der Waals surface area contributed by atoms with E-state index in [1.807, 2.05) is 31.2 Å². The number of carbonyl (C=O) groups is 2. The average molecular weight is 445 g/mol. The molecule has 0 saturated heterocycles. The summed E-state index contributed by atoms with van der Waals surface area (Å²) in [5.74, 6) is -2.73. The second-order valence-electron chi connectivity index (χ2n) is 7.26. The van der Waals surface area contributed by atoms with Crippen molar-refractivity contribution in [3.8, 4) is 16.3 Å². The molecule has 5 nitrogen and oxygen atoms in total. The largest absolute Gasteiger partial charge is 0.494 e. The molecule has 0 aliphatic heterocycles. The zero-order chi connectivity index (χ0) is 22.6. The second kappa shape index (κ2) is 9.34. The maximum Gasteiger partial charge on any atom is 0.314 e. The lowest BCUT2D eigenvalue weighted by molar-refractivity contribution is -0.145. The maximum absolute atomic E-state index is 14.2. The lowest BCUT2D eigenvalue weighted by Crippen LogP contribution is -2.36. The number of carbonyl (C=O) groups excluding carboxylic acids is 1. The molecule has 0 aliphatic rings. The van der Waals surface area contributed by atoms with Crippen LogP contribution in [0.4, 0.5) is 8.78 Å². The number of halogens is 2.